The number of urea groups is 1. The number of unbranched alkanes of at least 4 members (excludes halogenated alkanes) is 5. The van der Waals surface area contributed by atoms with Gasteiger partial charge in [-0.3, -0.25) is 34.1 Å². The largest absolute Gasteiger partial charge is 0.383 e. The Kier molecular flexibility index (Phi) is 37.3. The summed E-state index contributed by atoms with van der Waals surface area (Å²) in [5.74, 6) is -1.48. The number of nitrogens with two attached hydrogens (primary N) is 1. The third-order valence-electron chi connectivity index (χ3n) is 18.7. The van der Waals surface area contributed by atoms with Crippen molar-refractivity contribution in [1.29, 1.82) is 0 Å². The summed E-state index contributed by atoms with van der Waals surface area (Å²) in [6.07, 6.45) is 14.3. The van der Waals surface area contributed by atoms with Crippen LogP contribution < -0.4 is 27.0 Å². The van der Waals surface area contributed by atoms with Gasteiger partial charge >= 0.3 is 6.03 Å². The molecule has 2 fully saturated rings. The Labute approximate surface area is 637 Å². The van der Waals surface area contributed by atoms with Gasteiger partial charge in [0.05, 0.1) is 143 Å². The highest BCUT2D eigenvalue weighted by molar-refractivity contribution is 6.31. The number of nitrogens with zero attached hydrogens (tertiary/aromatic N) is 8. The molecule has 0 bridgehead atoms. The number of piperidine rings is 2. The highest BCUT2D eigenvalue weighted by Crippen LogP contribution is 2.32. The minimum atomic E-state index is -0.682. The number of carbonyl (C=O) groups excluding carboxylic acids is 7. The van der Waals surface area contributed by atoms with Gasteiger partial charge in [-0.15, -0.1) is 0 Å². The van der Waals surface area contributed by atoms with Crippen molar-refractivity contribution in [1.82, 2.24) is 50.0 Å². The maximum absolute atomic E-state index is 13.9. The first-order valence-electron chi connectivity index (χ1n) is 37.6. The third-order valence-corrected chi connectivity index (χ3v) is 18.9. The first-order valence-corrected chi connectivity index (χ1v) is 37.9. The number of imide groups is 1. The molecule has 3 aromatic carbocycles. The van der Waals surface area contributed by atoms with Gasteiger partial charge in [-0.25, -0.2) is 19.4 Å². The predicted octanol–water partition coefficient (Wildman–Crippen LogP) is 7.05. The summed E-state index contributed by atoms with van der Waals surface area (Å²) in [6, 6.07) is 13.3. The van der Waals surface area contributed by atoms with Gasteiger partial charge in [0.25, 0.3) is 11.8 Å². The van der Waals surface area contributed by atoms with Crippen LogP contribution in [0.25, 0.3) is 11.0 Å². The number of likely N-dealkylation sites (N-methyl/N-ethyl adjacent to an activating group) is 2. The molecule has 1 unspecified atom stereocenters. The van der Waals surface area contributed by atoms with Gasteiger partial charge in [-0.2, -0.15) is 5.10 Å². The van der Waals surface area contributed by atoms with E-state index in [4.69, 9.17) is 69.8 Å². The summed E-state index contributed by atoms with van der Waals surface area (Å²) < 4.78 is 58.0. The number of fused-ring (bicyclic) bond motifs is 2. The van der Waals surface area contributed by atoms with Crippen LogP contribution in [-0.4, -0.2) is 266 Å². The Hall–Kier alpha value is -8.11. The Bertz CT molecular complexity index is 3730. The summed E-state index contributed by atoms with van der Waals surface area (Å²) in [5, 5.41) is 16.7. The topological polar surface area (TPSA) is 342 Å². The predicted molar refractivity (Wildman–Crippen MR) is 407 cm³/mol. The Balaban J connectivity index is 0.517. The first-order chi connectivity index (χ1) is 52.4. The average Bonchev–Trinajstić information content (AvgIpc) is 1.62. The molecular formula is C77H110ClN13O17. The van der Waals surface area contributed by atoms with E-state index in [2.05, 4.69) is 36.1 Å². The lowest BCUT2D eigenvalue weighted by Crippen LogP contribution is -2.52. The van der Waals surface area contributed by atoms with Crippen molar-refractivity contribution in [2.45, 2.75) is 116 Å². The van der Waals surface area contributed by atoms with Crippen LogP contribution in [0.5, 0.6) is 0 Å². The molecule has 5 aromatic rings. The fourth-order valence-corrected chi connectivity index (χ4v) is 12.8. The lowest BCUT2D eigenvalue weighted by atomic mass is 9.98. The zero-order valence-electron chi connectivity index (χ0n) is 63.3. The summed E-state index contributed by atoms with van der Waals surface area (Å²) in [6.45, 7) is 16.2. The van der Waals surface area contributed by atoms with E-state index in [1.54, 1.807) is 58.9 Å². The van der Waals surface area contributed by atoms with Crippen LogP contribution in [-0.2, 0) is 92.5 Å². The molecule has 31 heteroatoms. The number of hydrogen-bond acceptors (Lipinski definition) is 22. The quantitative estimate of drug-likeness (QED) is 0.0148. The van der Waals surface area contributed by atoms with E-state index in [1.807, 2.05) is 51.2 Å². The number of likely N-dealkylation sites (tertiary alicyclic amines) is 1. The van der Waals surface area contributed by atoms with Gasteiger partial charge in [0.1, 0.15) is 18.2 Å². The summed E-state index contributed by atoms with van der Waals surface area (Å²) in [7, 11) is 5.41. The number of benzene rings is 3. The van der Waals surface area contributed by atoms with Crippen molar-refractivity contribution in [3.8, 4) is 0 Å². The Morgan fingerprint density at radius 1 is 0.676 bits per heavy atom. The number of aryl methyl sites for hydroxylation is 1. The fraction of sp³-hybridized carbons (Fsp3) is 0.584. The van der Waals surface area contributed by atoms with Gasteiger partial charge in [-0.1, -0.05) is 61.6 Å². The van der Waals surface area contributed by atoms with E-state index in [0.717, 1.165) is 91.2 Å². The minimum absolute atomic E-state index is 0.0148. The normalized spacial score (nSPS) is 15.2. The highest BCUT2D eigenvalue weighted by Gasteiger charge is 2.39. The number of carbonyl (C=O) groups is 7. The first kappa shape index (κ1) is 85.5. The van der Waals surface area contributed by atoms with E-state index in [1.165, 1.54) is 11.2 Å². The number of rotatable bonds is 51. The van der Waals surface area contributed by atoms with Crippen molar-refractivity contribution in [2.24, 2.45) is 0 Å². The molecule has 0 aliphatic carbocycles. The Morgan fingerprint density at radius 3 is 1.90 bits per heavy atom. The second-order valence-electron chi connectivity index (χ2n) is 27.0. The lowest BCUT2D eigenvalue weighted by molar-refractivity contribution is -0.137. The van der Waals surface area contributed by atoms with Crippen molar-refractivity contribution in [3.63, 3.8) is 0 Å². The van der Waals surface area contributed by atoms with Gasteiger partial charge in [0, 0.05) is 94.4 Å². The SMILES string of the molecule is Cc1c(CC(=O)N(C)C)ccc(NC(=O)c2nn([C@H]3CCCN(C(=O)/C=C/CN(C)CCOCCOCCOCCOCCOCCOCCOCCOCCOCCOCCCCCCCCc4cc(Cl)cc(NC(=O)NCc5ccc6c(c5)CN(C5CCC(=O)NC5=O)C6=O)c4)C3)c3ncnc(N)c23)c1C. The number of amides is 8. The molecule has 3 aliphatic rings. The summed E-state index contributed by atoms with van der Waals surface area (Å²) in [4.78, 5) is 105. The Morgan fingerprint density at radius 2 is 1.28 bits per heavy atom. The number of anilines is 3. The number of hydrogen-bond donors (Lipinski definition) is 5. The van der Waals surface area contributed by atoms with Crippen molar-refractivity contribution >= 4 is 81.3 Å². The molecule has 8 rings (SSSR count). The van der Waals surface area contributed by atoms with Crippen LogP contribution in [0, 0.1) is 13.8 Å². The summed E-state index contributed by atoms with van der Waals surface area (Å²) >= 11 is 6.43. The molecule has 3 aliphatic heterocycles. The molecule has 108 heavy (non-hydrogen) atoms. The van der Waals surface area contributed by atoms with E-state index < -0.39 is 17.9 Å². The molecule has 30 nitrogen and oxygen atoms in total. The van der Waals surface area contributed by atoms with Crippen molar-refractivity contribution in [3.05, 3.63) is 117 Å². The van der Waals surface area contributed by atoms with Crippen LogP contribution in [0.2, 0.25) is 5.02 Å². The molecule has 6 N–H and O–H groups in total. The fourth-order valence-electron chi connectivity index (χ4n) is 12.5. The average molecular weight is 1530 g/mol. The minimum Gasteiger partial charge on any atom is -0.383 e. The molecule has 5 heterocycles. The molecule has 592 valence electrons. The monoisotopic (exact) mass is 1520 g/mol. The zero-order valence-corrected chi connectivity index (χ0v) is 64.1. The van der Waals surface area contributed by atoms with Crippen molar-refractivity contribution in [2.75, 3.05) is 196 Å². The second kappa shape index (κ2) is 47.1. The molecule has 2 saturated heterocycles. The number of aromatic nitrogens is 4. The molecule has 2 atom stereocenters. The van der Waals surface area contributed by atoms with Crippen LogP contribution in [0.15, 0.2) is 67.0 Å². The molecule has 0 spiro atoms. The van der Waals surface area contributed by atoms with E-state index >= 15 is 0 Å². The molecular weight excluding hydrogens is 1410 g/mol. The standard InChI is InChI=1S/C77H110ClN13O17/c1-55-56(2)65(20-18-59(55)49-69(94)87(3)4)84-75(96)71-70-72(79)81-54-82-73(70)91(86-71)63-15-12-24-89(53-63)68(93)16-13-23-88(5)25-27-100-29-31-102-33-35-104-37-39-106-41-43-108-45-44-107-42-40-105-38-36-103-34-32-101-30-28-99-26-11-9-7-6-8-10-14-57-47-61(78)50-62(48-57)83-77(98)80-51-58-17-19-64-60(46-58)52-90(76(64)97)66-21-22-67(92)85-74(66)95/h13,16-20,46-48,50,54,63,66H,6-12,14-15,21-45,49,51-53H2,1-5H3,(H,84,96)(H2,79,81,82)(H2,80,83,98)(H,85,92,95)/b16-13+/t63-,66?/m0/s1. The number of nitrogen functional groups attached to an aromatic ring is 1. The van der Waals surface area contributed by atoms with Crippen molar-refractivity contribution < 1.29 is 80.9 Å². The third kappa shape index (κ3) is 28.7. The molecule has 8 amide bonds. The maximum atomic E-state index is 13.9. The molecule has 0 radical (unpaired) electrons. The zero-order chi connectivity index (χ0) is 76.8. The maximum Gasteiger partial charge on any atom is 0.319 e. The van der Waals surface area contributed by atoms with E-state index in [9.17, 15) is 33.6 Å². The van der Waals surface area contributed by atoms with Crippen LogP contribution in [0.1, 0.15) is 124 Å². The van der Waals surface area contributed by atoms with Gasteiger partial charge < -0.3 is 88.7 Å². The van der Waals surface area contributed by atoms with Gasteiger partial charge in [0.2, 0.25) is 23.6 Å². The van der Waals surface area contributed by atoms with Crippen LogP contribution in [0.3, 0.4) is 0 Å². The molecule has 2 aromatic heterocycles. The van der Waals surface area contributed by atoms with Crippen LogP contribution >= 0.6 is 11.6 Å². The van der Waals surface area contributed by atoms with E-state index in [0.29, 0.717) is 198 Å². The summed E-state index contributed by atoms with van der Waals surface area (Å²) in [5.41, 5.74) is 13.8. The molecule has 0 saturated carbocycles. The number of halogens is 1. The van der Waals surface area contributed by atoms with Gasteiger partial charge in [-0.05, 0) is 123 Å². The second-order valence-corrected chi connectivity index (χ2v) is 27.4. The number of nitrogens with one attached hydrogen (secondary N) is 4. The van der Waals surface area contributed by atoms with E-state index in [-0.39, 0.29) is 73.1 Å². The highest BCUT2D eigenvalue weighted by atomic mass is 35.5. The van der Waals surface area contributed by atoms with Gasteiger partial charge in [0.15, 0.2) is 11.3 Å². The number of ether oxygens (including phenoxy) is 10. The smallest absolute Gasteiger partial charge is 0.319 e. The lowest BCUT2D eigenvalue weighted by Gasteiger charge is -2.32. The van der Waals surface area contributed by atoms with Crippen LogP contribution in [0.4, 0.5) is 22.0 Å².